The Bertz CT molecular complexity index is 1250. The summed E-state index contributed by atoms with van der Waals surface area (Å²) in [4.78, 5) is 12.6. The molecule has 0 aliphatic heterocycles. The number of rotatable bonds is 9. The Balaban J connectivity index is 1.34. The van der Waals surface area contributed by atoms with Crippen LogP contribution in [0.4, 0.5) is 13.2 Å². The topological polar surface area (TPSA) is 35.5 Å². The van der Waals surface area contributed by atoms with Gasteiger partial charge in [0.25, 0.3) is 0 Å². The van der Waals surface area contributed by atoms with E-state index in [1.807, 2.05) is 25.1 Å². The Kier molecular flexibility index (Phi) is 8.70. The van der Waals surface area contributed by atoms with Gasteiger partial charge < -0.3 is 9.47 Å². The molecule has 3 nitrogen and oxygen atoms in total. The molecule has 37 heavy (non-hydrogen) atoms. The minimum atomic E-state index is -1.22. The van der Waals surface area contributed by atoms with Crippen molar-refractivity contribution in [3.63, 3.8) is 0 Å². The number of esters is 1. The van der Waals surface area contributed by atoms with E-state index in [-0.39, 0.29) is 17.3 Å². The smallest absolute Gasteiger partial charge is 0.341 e. The van der Waals surface area contributed by atoms with Crippen molar-refractivity contribution in [3.05, 3.63) is 101 Å². The standard InChI is InChI=1S/C31H31F3O3/c1-3-4-5-18-36-24-14-15-25(28(32)19-24)21-10-12-23(13-11-21)37-31(35)27-17-16-26(29(33)30(27)34)22-8-6-20(2)7-9-22/h3,6-9,14-17,19,21,23H,1,4-5,10-13,18H2,2H3. The van der Waals surface area contributed by atoms with Gasteiger partial charge in [-0.05, 0) is 74.6 Å². The van der Waals surface area contributed by atoms with Crippen LogP contribution in [0.5, 0.6) is 5.75 Å². The normalized spacial score (nSPS) is 17.3. The van der Waals surface area contributed by atoms with E-state index >= 15 is 0 Å². The number of ether oxygens (including phenoxy) is 2. The second kappa shape index (κ2) is 12.1. The molecule has 0 heterocycles. The summed E-state index contributed by atoms with van der Waals surface area (Å²) in [6.45, 7) is 6.07. The van der Waals surface area contributed by atoms with E-state index < -0.39 is 29.3 Å². The number of carbonyl (C=O) groups is 1. The van der Waals surface area contributed by atoms with Gasteiger partial charge in [0.2, 0.25) is 0 Å². The highest BCUT2D eigenvalue weighted by Crippen LogP contribution is 2.37. The van der Waals surface area contributed by atoms with Crippen LogP contribution in [0.2, 0.25) is 0 Å². The molecule has 0 spiro atoms. The van der Waals surface area contributed by atoms with Gasteiger partial charge in [-0.15, -0.1) is 6.58 Å². The van der Waals surface area contributed by atoms with Gasteiger partial charge in [0.05, 0.1) is 12.2 Å². The molecule has 0 radical (unpaired) electrons. The minimum Gasteiger partial charge on any atom is -0.493 e. The van der Waals surface area contributed by atoms with Crippen LogP contribution in [-0.4, -0.2) is 18.7 Å². The molecule has 0 saturated heterocycles. The molecule has 0 amide bonds. The first-order chi connectivity index (χ1) is 17.9. The van der Waals surface area contributed by atoms with Gasteiger partial charge in [0.1, 0.15) is 17.7 Å². The predicted octanol–water partition coefficient (Wildman–Crippen LogP) is 8.31. The second-order valence-electron chi connectivity index (χ2n) is 9.50. The molecule has 0 bridgehead atoms. The highest BCUT2D eigenvalue weighted by atomic mass is 19.2. The van der Waals surface area contributed by atoms with E-state index in [0.717, 1.165) is 18.4 Å². The van der Waals surface area contributed by atoms with Crippen molar-refractivity contribution in [1.82, 2.24) is 0 Å². The summed E-state index contributed by atoms with van der Waals surface area (Å²) in [7, 11) is 0. The molecular formula is C31H31F3O3. The molecule has 0 unspecified atom stereocenters. The molecule has 1 aliphatic rings. The highest BCUT2D eigenvalue weighted by Gasteiger charge is 2.28. The summed E-state index contributed by atoms with van der Waals surface area (Å²) >= 11 is 0. The molecule has 6 heteroatoms. The van der Waals surface area contributed by atoms with Crippen LogP contribution >= 0.6 is 0 Å². The van der Waals surface area contributed by atoms with Gasteiger partial charge in [0, 0.05) is 11.6 Å². The monoisotopic (exact) mass is 508 g/mol. The van der Waals surface area contributed by atoms with Gasteiger partial charge in [-0.3, -0.25) is 0 Å². The number of hydrogen-bond donors (Lipinski definition) is 0. The molecule has 0 atom stereocenters. The maximum atomic E-state index is 14.8. The van der Waals surface area contributed by atoms with Gasteiger partial charge >= 0.3 is 5.97 Å². The van der Waals surface area contributed by atoms with Crippen LogP contribution in [0.15, 0.2) is 67.3 Å². The summed E-state index contributed by atoms with van der Waals surface area (Å²) in [5, 5.41) is 0. The average Bonchev–Trinajstić information content (AvgIpc) is 2.89. The van der Waals surface area contributed by atoms with Crippen LogP contribution in [-0.2, 0) is 4.74 Å². The Morgan fingerprint density at radius 1 is 0.973 bits per heavy atom. The summed E-state index contributed by atoms with van der Waals surface area (Å²) in [5.41, 5.74) is 1.81. The Morgan fingerprint density at radius 2 is 1.70 bits per heavy atom. The largest absolute Gasteiger partial charge is 0.493 e. The summed E-state index contributed by atoms with van der Waals surface area (Å²) in [6, 6.07) is 14.6. The fourth-order valence-corrected chi connectivity index (χ4v) is 4.72. The van der Waals surface area contributed by atoms with Crippen LogP contribution in [0.3, 0.4) is 0 Å². The van der Waals surface area contributed by atoms with Crippen molar-refractivity contribution >= 4 is 5.97 Å². The second-order valence-corrected chi connectivity index (χ2v) is 9.50. The number of carbonyl (C=O) groups excluding carboxylic acids is 1. The number of unbranched alkanes of at least 4 members (excludes halogenated alkanes) is 1. The number of hydrogen-bond acceptors (Lipinski definition) is 3. The molecule has 1 fully saturated rings. The van der Waals surface area contributed by atoms with Crippen molar-refractivity contribution in [1.29, 1.82) is 0 Å². The lowest BCUT2D eigenvalue weighted by molar-refractivity contribution is 0.0188. The van der Waals surface area contributed by atoms with Gasteiger partial charge in [-0.1, -0.05) is 48.0 Å². The molecule has 0 aromatic heterocycles. The maximum Gasteiger partial charge on any atom is 0.341 e. The zero-order valence-corrected chi connectivity index (χ0v) is 20.9. The molecule has 194 valence electrons. The van der Waals surface area contributed by atoms with Crippen molar-refractivity contribution < 1.29 is 27.4 Å². The molecular weight excluding hydrogens is 477 g/mol. The summed E-state index contributed by atoms with van der Waals surface area (Å²) < 4.78 is 55.4. The molecule has 3 aromatic rings. The van der Waals surface area contributed by atoms with E-state index in [0.29, 0.717) is 49.2 Å². The predicted molar refractivity (Wildman–Crippen MR) is 138 cm³/mol. The molecule has 1 saturated carbocycles. The van der Waals surface area contributed by atoms with Crippen LogP contribution < -0.4 is 4.74 Å². The van der Waals surface area contributed by atoms with Crippen LogP contribution in [0.1, 0.15) is 65.9 Å². The van der Waals surface area contributed by atoms with Crippen molar-refractivity contribution in [3.8, 4) is 16.9 Å². The lowest BCUT2D eigenvalue weighted by atomic mass is 9.82. The zero-order valence-electron chi connectivity index (χ0n) is 20.9. The number of halogens is 3. The first-order valence-electron chi connectivity index (χ1n) is 12.7. The number of aryl methyl sites for hydroxylation is 1. The zero-order chi connectivity index (χ0) is 26.4. The van der Waals surface area contributed by atoms with Crippen molar-refractivity contribution in [2.45, 2.75) is 57.5 Å². The number of allylic oxidation sites excluding steroid dienone is 1. The fourth-order valence-electron chi connectivity index (χ4n) is 4.72. The van der Waals surface area contributed by atoms with Crippen molar-refractivity contribution in [2.75, 3.05) is 6.61 Å². The first kappa shape index (κ1) is 26.5. The maximum absolute atomic E-state index is 14.8. The van der Waals surface area contributed by atoms with Gasteiger partial charge in [-0.2, -0.15) is 0 Å². The molecule has 3 aromatic carbocycles. The molecule has 0 N–H and O–H groups in total. The third-order valence-corrected chi connectivity index (χ3v) is 6.85. The minimum absolute atomic E-state index is 0.00672. The van der Waals surface area contributed by atoms with Crippen molar-refractivity contribution in [2.24, 2.45) is 0 Å². The summed E-state index contributed by atoms with van der Waals surface area (Å²) in [6.07, 6.45) is 5.33. The third-order valence-electron chi connectivity index (χ3n) is 6.85. The van der Waals surface area contributed by atoms with E-state index in [2.05, 4.69) is 6.58 Å². The molecule has 4 rings (SSSR count). The average molecular weight is 509 g/mol. The Morgan fingerprint density at radius 3 is 2.38 bits per heavy atom. The first-order valence-corrected chi connectivity index (χ1v) is 12.7. The Hall–Kier alpha value is -3.54. The SMILES string of the molecule is C=CCCCOc1ccc(C2CCC(OC(=O)c3ccc(-c4ccc(C)cc4)c(F)c3F)CC2)c(F)c1. The van der Waals surface area contributed by atoms with E-state index in [1.54, 1.807) is 24.3 Å². The highest BCUT2D eigenvalue weighted by molar-refractivity contribution is 5.90. The fraction of sp³-hybridized carbons (Fsp3) is 0.323. The molecule has 1 aliphatic carbocycles. The van der Waals surface area contributed by atoms with Crippen LogP contribution in [0.25, 0.3) is 11.1 Å². The number of benzene rings is 3. The van der Waals surface area contributed by atoms with Gasteiger partial charge in [0.15, 0.2) is 11.6 Å². The van der Waals surface area contributed by atoms with E-state index in [9.17, 15) is 18.0 Å². The quantitative estimate of drug-likeness (QED) is 0.166. The van der Waals surface area contributed by atoms with Gasteiger partial charge in [-0.25, -0.2) is 18.0 Å². The Labute approximate surface area is 215 Å². The third kappa shape index (κ3) is 6.43. The van der Waals surface area contributed by atoms with Crippen LogP contribution in [0, 0.1) is 24.4 Å². The van der Waals surface area contributed by atoms with E-state index in [4.69, 9.17) is 9.47 Å². The lowest BCUT2D eigenvalue weighted by Crippen LogP contribution is -2.25. The lowest BCUT2D eigenvalue weighted by Gasteiger charge is -2.29. The van der Waals surface area contributed by atoms with E-state index in [1.165, 1.54) is 18.2 Å². The summed E-state index contributed by atoms with van der Waals surface area (Å²) in [5.74, 6) is -3.01.